The molecule has 2 aromatic rings. The first-order valence-electron chi connectivity index (χ1n) is 5.98. The van der Waals surface area contributed by atoms with Crippen LogP contribution >= 0.6 is 11.6 Å². The molecule has 0 fully saturated rings. The number of benzene rings is 1. The molecular weight excluding hydrogens is 278 g/mol. The summed E-state index contributed by atoms with van der Waals surface area (Å²) in [5, 5.41) is 12.8. The Hall–Kier alpha value is -2.27. The Morgan fingerprint density at radius 2 is 2.05 bits per heavy atom. The maximum absolute atomic E-state index is 11.0. The topological polar surface area (TPSA) is 88.2 Å². The van der Waals surface area contributed by atoms with Crippen LogP contribution in [-0.4, -0.2) is 16.1 Å². The molecule has 2 rings (SSSR count). The average Bonchev–Trinajstić information content (AvgIpc) is 2.41. The van der Waals surface area contributed by atoms with Gasteiger partial charge in [0.05, 0.1) is 17.4 Å². The number of rotatable bonds is 4. The number of nitrogens with one attached hydrogen (secondary N) is 1. The van der Waals surface area contributed by atoms with Gasteiger partial charge in [-0.1, -0.05) is 23.7 Å². The van der Waals surface area contributed by atoms with Gasteiger partial charge in [-0.15, -0.1) is 0 Å². The average molecular weight is 292 g/mol. The number of nitrogens with zero attached hydrogens (tertiary/aromatic N) is 1. The van der Waals surface area contributed by atoms with Gasteiger partial charge in [0.2, 0.25) is 0 Å². The molecule has 1 heterocycles. The molecule has 0 radical (unpaired) electrons. The van der Waals surface area contributed by atoms with Gasteiger partial charge in [-0.2, -0.15) is 0 Å². The Labute approximate surface area is 121 Å². The van der Waals surface area contributed by atoms with Gasteiger partial charge in [-0.3, -0.25) is 0 Å². The van der Waals surface area contributed by atoms with Crippen molar-refractivity contribution in [2.75, 3.05) is 11.1 Å². The lowest BCUT2D eigenvalue weighted by atomic mass is 10.1. The Balaban J connectivity index is 2.19. The van der Waals surface area contributed by atoms with Crippen LogP contribution in [0.25, 0.3) is 0 Å². The summed E-state index contributed by atoms with van der Waals surface area (Å²) < 4.78 is 0. The third kappa shape index (κ3) is 3.19. The van der Waals surface area contributed by atoms with Crippen molar-refractivity contribution in [2.45, 2.75) is 13.0 Å². The van der Waals surface area contributed by atoms with E-state index in [0.717, 1.165) is 5.56 Å². The fraction of sp³-hybridized carbons (Fsp3) is 0.143. The lowest BCUT2D eigenvalue weighted by molar-refractivity contribution is 0.0698. The number of hydrogen-bond donors (Lipinski definition) is 3. The first-order chi connectivity index (χ1) is 9.47. The van der Waals surface area contributed by atoms with Crippen molar-refractivity contribution in [3.8, 4) is 0 Å². The summed E-state index contributed by atoms with van der Waals surface area (Å²) in [5.74, 6) is -0.619. The van der Waals surface area contributed by atoms with Crippen LogP contribution in [0.5, 0.6) is 0 Å². The molecule has 104 valence electrons. The van der Waals surface area contributed by atoms with Crippen molar-refractivity contribution in [3.63, 3.8) is 0 Å². The quantitative estimate of drug-likeness (QED) is 0.805. The number of halogens is 1. The molecule has 0 amide bonds. The van der Waals surface area contributed by atoms with E-state index in [1.807, 2.05) is 19.1 Å². The van der Waals surface area contributed by atoms with Crippen molar-refractivity contribution in [1.82, 2.24) is 4.98 Å². The maximum atomic E-state index is 11.0. The fourth-order valence-electron chi connectivity index (χ4n) is 1.79. The number of carbonyl (C=O) groups is 1. The number of nitrogen functional groups attached to an aromatic ring is 1. The zero-order valence-electron chi connectivity index (χ0n) is 10.8. The van der Waals surface area contributed by atoms with Gasteiger partial charge in [0.1, 0.15) is 5.82 Å². The van der Waals surface area contributed by atoms with Crippen LogP contribution in [0.4, 0.5) is 11.5 Å². The summed E-state index contributed by atoms with van der Waals surface area (Å²) >= 11 is 5.84. The zero-order valence-corrected chi connectivity index (χ0v) is 11.6. The van der Waals surface area contributed by atoms with Crippen LogP contribution < -0.4 is 11.1 Å². The van der Waals surface area contributed by atoms with E-state index in [2.05, 4.69) is 10.3 Å². The molecule has 0 aliphatic carbocycles. The number of carboxylic acids is 1. The van der Waals surface area contributed by atoms with Crippen molar-refractivity contribution in [1.29, 1.82) is 0 Å². The second-order valence-corrected chi connectivity index (χ2v) is 4.82. The molecule has 0 aliphatic heterocycles. The first-order valence-corrected chi connectivity index (χ1v) is 6.36. The molecular formula is C14H14ClN3O2. The van der Waals surface area contributed by atoms with Crippen LogP contribution in [0.3, 0.4) is 0 Å². The third-order valence-corrected chi connectivity index (χ3v) is 3.15. The lowest BCUT2D eigenvalue weighted by Gasteiger charge is -2.15. The number of pyridine rings is 1. The van der Waals surface area contributed by atoms with E-state index in [4.69, 9.17) is 22.4 Å². The number of aromatic nitrogens is 1. The Morgan fingerprint density at radius 1 is 1.40 bits per heavy atom. The van der Waals surface area contributed by atoms with E-state index in [-0.39, 0.29) is 17.3 Å². The molecule has 1 unspecified atom stereocenters. The van der Waals surface area contributed by atoms with Gasteiger partial charge in [-0.25, -0.2) is 9.78 Å². The highest BCUT2D eigenvalue weighted by Gasteiger charge is 2.11. The molecule has 6 heteroatoms. The molecule has 1 atom stereocenters. The van der Waals surface area contributed by atoms with Gasteiger partial charge in [0.15, 0.2) is 0 Å². The molecule has 0 bridgehead atoms. The molecule has 5 nitrogen and oxygen atoms in total. The standard InChI is InChI=1S/C14H14ClN3O2/c1-8(9-2-4-10(15)5-3-9)18-13-6-11(14(19)20)12(16)7-17-13/h2-8H,16H2,1H3,(H,17,18)(H,19,20). The first kappa shape index (κ1) is 14.1. The van der Waals surface area contributed by atoms with Gasteiger partial charge in [-0.05, 0) is 30.7 Å². The summed E-state index contributed by atoms with van der Waals surface area (Å²) in [5.41, 5.74) is 6.76. The van der Waals surface area contributed by atoms with Gasteiger partial charge in [0.25, 0.3) is 0 Å². The molecule has 0 saturated carbocycles. The predicted molar refractivity (Wildman–Crippen MR) is 79.1 cm³/mol. The van der Waals surface area contributed by atoms with Crippen LogP contribution in [0.15, 0.2) is 36.5 Å². The van der Waals surface area contributed by atoms with Crippen molar-refractivity contribution in [2.24, 2.45) is 0 Å². The molecule has 0 spiro atoms. The molecule has 0 saturated heterocycles. The summed E-state index contributed by atoms with van der Waals surface area (Å²) in [6.45, 7) is 1.95. The number of carboxylic acid groups (broad SMARTS) is 1. The minimum absolute atomic E-state index is 0.0332. The molecule has 4 N–H and O–H groups in total. The minimum atomic E-state index is -1.08. The van der Waals surface area contributed by atoms with Gasteiger partial charge >= 0.3 is 5.97 Å². The van der Waals surface area contributed by atoms with Gasteiger partial charge in [0, 0.05) is 11.1 Å². The normalized spacial score (nSPS) is 11.9. The highest BCUT2D eigenvalue weighted by Crippen LogP contribution is 2.22. The van der Waals surface area contributed by atoms with E-state index >= 15 is 0 Å². The largest absolute Gasteiger partial charge is 0.478 e. The number of hydrogen-bond acceptors (Lipinski definition) is 4. The Kier molecular flexibility index (Phi) is 4.10. The Morgan fingerprint density at radius 3 is 2.65 bits per heavy atom. The van der Waals surface area contributed by atoms with E-state index in [9.17, 15) is 4.79 Å². The van der Waals surface area contributed by atoms with Crippen LogP contribution in [-0.2, 0) is 0 Å². The van der Waals surface area contributed by atoms with Crippen LogP contribution in [0, 0.1) is 0 Å². The van der Waals surface area contributed by atoms with Crippen molar-refractivity contribution >= 4 is 29.1 Å². The minimum Gasteiger partial charge on any atom is -0.478 e. The number of anilines is 2. The second kappa shape index (κ2) is 5.79. The summed E-state index contributed by atoms with van der Waals surface area (Å²) in [7, 11) is 0. The maximum Gasteiger partial charge on any atom is 0.337 e. The molecule has 0 aliphatic rings. The highest BCUT2D eigenvalue weighted by molar-refractivity contribution is 6.30. The summed E-state index contributed by atoms with van der Waals surface area (Å²) in [6.07, 6.45) is 1.33. The molecule has 1 aromatic heterocycles. The summed E-state index contributed by atoms with van der Waals surface area (Å²) in [6, 6.07) is 8.78. The highest BCUT2D eigenvalue weighted by atomic mass is 35.5. The van der Waals surface area contributed by atoms with E-state index < -0.39 is 5.97 Å². The summed E-state index contributed by atoms with van der Waals surface area (Å²) in [4.78, 5) is 15.1. The van der Waals surface area contributed by atoms with Crippen molar-refractivity contribution < 1.29 is 9.90 Å². The fourth-order valence-corrected chi connectivity index (χ4v) is 1.91. The Bertz CT molecular complexity index is 629. The lowest BCUT2D eigenvalue weighted by Crippen LogP contribution is -2.10. The number of aromatic carboxylic acids is 1. The van der Waals surface area contributed by atoms with E-state index in [0.29, 0.717) is 10.8 Å². The predicted octanol–water partition coefficient (Wildman–Crippen LogP) is 3.19. The van der Waals surface area contributed by atoms with E-state index in [1.54, 1.807) is 12.1 Å². The molecule has 20 heavy (non-hydrogen) atoms. The smallest absolute Gasteiger partial charge is 0.337 e. The monoisotopic (exact) mass is 291 g/mol. The number of nitrogens with two attached hydrogens (primary N) is 1. The zero-order chi connectivity index (χ0) is 14.7. The molecule has 1 aromatic carbocycles. The second-order valence-electron chi connectivity index (χ2n) is 4.38. The SMILES string of the molecule is CC(Nc1cc(C(=O)O)c(N)cn1)c1ccc(Cl)cc1. The third-order valence-electron chi connectivity index (χ3n) is 2.90. The van der Waals surface area contributed by atoms with Crippen molar-refractivity contribution in [3.05, 3.63) is 52.7 Å². The van der Waals surface area contributed by atoms with Crippen LogP contribution in [0.2, 0.25) is 5.02 Å². The van der Waals surface area contributed by atoms with Crippen LogP contribution in [0.1, 0.15) is 28.9 Å². The van der Waals surface area contributed by atoms with Gasteiger partial charge < -0.3 is 16.2 Å². The van der Waals surface area contributed by atoms with E-state index in [1.165, 1.54) is 12.3 Å².